The standard InChI is InChI=1S/C15H18ClFN2S/c1-2-5-19-13(8-14-9-18-10-20-14)6-11-3-4-12(17)7-15(11)16/h3-4,7,9-10,13,19H,2,5-6,8H2,1H3. The third kappa shape index (κ3) is 4.54. The summed E-state index contributed by atoms with van der Waals surface area (Å²) in [5.41, 5.74) is 2.82. The highest BCUT2D eigenvalue weighted by molar-refractivity contribution is 7.09. The van der Waals surface area contributed by atoms with Crippen LogP contribution in [0.4, 0.5) is 4.39 Å². The first-order valence-electron chi connectivity index (χ1n) is 6.73. The number of nitrogens with one attached hydrogen (secondary N) is 1. The molecule has 0 fully saturated rings. The lowest BCUT2D eigenvalue weighted by atomic mass is 10.0. The Labute approximate surface area is 128 Å². The molecular weight excluding hydrogens is 295 g/mol. The molecule has 108 valence electrons. The second-order valence-electron chi connectivity index (χ2n) is 4.76. The molecule has 0 radical (unpaired) electrons. The molecule has 0 aliphatic rings. The van der Waals surface area contributed by atoms with E-state index in [1.54, 1.807) is 17.4 Å². The smallest absolute Gasteiger partial charge is 0.124 e. The molecule has 1 aromatic heterocycles. The van der Waals surface area contributed by atoms with E-state index in [1.165, 1.54) is 17.0 Å². The topological polar surface area (TPSA) is 24.9 Å². The molecule has 1 unspecified atom stereocenters. The molecule has 2 rings (SSSR count). The first kappa shape index (κ1) is 15.4. The van der Waals surface area contributed by atoms with Crippen molar-refractivity contribution in [1.29, 1.82) is 0 Å². The van der Waals surface area contributed by atoms with Crippen LogP contribution < -0.4 is 5.32 Å². The van der Waals surface area contributed by atoms with Crippen LogP contribution in [0.2, 0.25) is 5.02 Å². The van der Waals surface area contributed by atoms with E-state index in [0.29, 0.717) is 11.1 Å². The van der Waals surface area contributed by atoms with E-state index in [2.05, 4.69) is 17.2 Å². The summed E-state index contributed by atoms with van der Waals surface area (Å²) in [4.78, 5) is 5.35. The molecule has 0 aliphatic heterocycles. The van der Waals surface area contributed by atoms with E-state index in [4.69, 9.17) is 11.6 Å². The van der Waals surface area contributed by atoms with Crippen molar-refractivity contribution < 1.29 is 4.39 Å². The zero-order valence-corrected chi connectivity index (χ0v) is 13.0. The molecule has 0 saturated carbocycles. The van der Waals surface area contributed by atoms with Crippen LogP contribution in [0.3, 0.4) is 0 Å². The second kappa shape index (κ2) is 7.72. The molecular formula is C15H18ClFN2S. The Balaban J connectivity index is 2.06. The minimum Gasteiger partial charge on any atom is -0.313 e. The van der Waals surface area contributed by atoms with Crippen molar-refractivity contribution in [3.05, 3.63) is 51.2 Å². The zero-order valence-electron chi connectivity index (χ0n) is 11.4. The molecule has 1 atom stereocenters. The van der Waals surface area contributed by atoms with Crippen LogP contribution in [0.25, 0.3) is 0 Å². The normalized spacial score (nSPS) is 12.6. The first-order valence-corrected chi connectivity index (χ1v) is 7.99. The Morgan fingerprint density at radius 3 is 2.90 bits per heavy atom. The van der Waals surface area contributed by atoms with Crippen molar-refractivity contribution in [3.63, 3.8) is 0 Å². The van der Waals surface area contributed by atoms with Crippen LogP contribution >= 0.6 is 22.9 Å². The Kier molecular flexibility index (Phi) is 5.95. The quantitative estimate of drug-likeness (QED) is 0.833. The highest BCUT2D eigenvalue weighted by atomic mass is 35.5. The van der Waals surface area contributed by atoms with Gasteiger partial charge in [-0.05, 0) is 43.5 Å². The Hall–Kier alpha value is -0.970. The van der Waals surface area contributed by atoms with E-state index in [1.807, 2.05) is 11.7 Å². The van der Waals surface area contributed by atoms with E-state index in [-0.39, 0.29) is 5.82 Å². The van der Waals surface area contributed by atoms with E-state index in [9.17, 15) is 4.39 Å². The van der Waals surface area contributed by atoms with Crippen molar-refractivity contribution in [2.75, 3.05) is 6.54 Å². The van der Waals surface area contributed by atoms with Crippen molar-refractivity contribution >= 4 is 22.9 Å². The van der Waals surface area contributed by atoms with Crippen LogP contribution in [0.5, 0.6) is 0 Å². The summed E-state index contributed by atoms with van der Waals surface area (Å²) >= 11 is 7.77. The number of hydrogen-bond donors (Lipinski definition) is 1. The summed E-state index contributed by atoms with van der Waals surface area (Å²) in [7, 11) is 0. The summed E-state index contributed by atoms with van der Waals surface area (Å²) in [6.07, 6.45) is 4.68. The van der Waals surface area contributed by atoms with Crippen molar-refractivity contribution in [2.45, 2.75) is 32.2 Å². The van der Waals surface area contributed by atoms with Gasteiger partial charge in [0.05, 0.1) is 5.51 Å². The second-order valence-corrected chi connectivity index (χ2v) is 6.14. The van der Waals surface area contributed by atoms with E-state index >= 15 is 0 Å². The fourth-order valence-electron chi connectivity index (χ4n) is 2.10. The van der Waals surface area contributed by atoms with E-state index in [0.717, 1.165) is 31.4 Å². The molecule has 2 aromatic rings. The minimum absolute atomic E-state index is 0.290. The number of nitrogens with zero attached hydrogens (tertiary/aromatic N) is 1. The molecule has 0 bridgehead atoms. The Morgan fingerprint density at radius 1 is 1.40 bits per heavy atom. The predicted molar refractivity (Wildman–Crippen MR) is 83.0 cm³/mol. The minimum atomic E-state index is -0.292. The molecule has 20 heavy (non-hydrogen) atoms. The van der Waals surface area contributed by atoms with Crippen LogP contribution in [0.15, 0.2) is 29.9 Å². The molecule has 0 amide bonds. The van der Waals surface area contributed by atoms with Gasteiger partial charge in [0.2, 0.25) is 0 Å². The number of hydrogen-bond acceptors (Lipinski definition) is 3. The average Bonchev–Trinajstić information content (AvgIpc) is 2.92. The van der Waals surface area contributed by atoms with Gasteiger partial charge in [0.1, 0.15) is 5.82 Å². The summed E-state index contributed by atoms with van der Waals surface area (Å²) in [6, 6.07) is 4.90. The number of aromatic nitrogens is 1. The fourth-order valence-corrected chi connectivity index (χ4v) is 3.02. The zero-order chi connectivity index (χ0) is 14.4. The summed E-state index contributed by atoms with van der Waals surface area (Å²) < 4.78 is 13.1. The van der Waals surface area contributed by atoms with Gasteiger partial charge in [-0.15, -0.1) is 11.3 Å². The number of thiazole rings is 1. The lowest BCUT2D eigenvalue weighted by Crippen LogP contribution is -2.33. The van der Waals surface area contributed by atoms with Crippen LogP contribution in [0, 0.1) is 5.82 Å². The largest absolute Gasteiger partial charge is 0.313 e. The van der Waals surface area contributed by atoms with Gasteiger partial charge in [0, 0.05) is 22.1 Å². The van der Waals surface area contributed by atoms with Crippen molar-refractivity contribution in [3.8, 4) is 0 Å². The van der Waals surface area contributed by atoms with Gasteiger partial charge in [0.15, 0.2) is 0 Å². The molecule has 1 N–H and O–H groups in total. The maximum Gasteiger partial charge on any atom is 0.124 e. The van der Waals surface area contributed by atoms with Gasteiger partial charge in [-0.2, -0.15) is 0 Å². The molecule has 0 spiro atoms. The van der Waals surface area contributed by atoms with Gasteiger partial charge in [-0.3, -0.25) is 4.98 Å². The van der Waals surface area contributed by atoms with Crippen LogP contribution in [-0.4, -0.2) is 17.6 Å². The molecule has 5 heteroatoms. The van der Waals surface area contributed by atoms with Gasteiger partial charge < -0.3 is 5.32 Å². The lowest BCUT2D eigenvalue weighted by Gasteiger charge is -2.18. The summed E-state index contributed by atoms with van der Waals surface area (Å²) in [5.74, 6) is -0.292. The SMILES string of the molecule is CCCNC(Cc1cncs1)Cc1ccc(F)cc1Cl. The first-order chi connectivity index (χ1) is 9.69. The molecule has 1 heterocycles. The monoisotopic (exact) mass is 312 g/mol. The highest BCUT2D eigenvalue weighted by Gasteiger charge is 2.13. The van der Waals surface area contributed by atoms with E-state index < -0.39 is 0 Å². The average molecular weight is 313 g/mol. The van der Waals surface area contributed by atoms with Gasteiger partial charge in [0.25, 0.3) is 0 Å². The predicted octanol–water partition coefficient (Wildman–Crippen LogP) is 4.09. The Morgan fingerprint density at radius 2 is 2.25 bits per heavy atom. The van der Waals surface area contributed by atoms with Gasteiger partial charge in [-0.1, -0.05) is 24.6 Å². The number of rotatable bonds is 7. The fraction of sp³-hybridized carbons (Fsp3) is 0.400. The number of halogens is 2. The molecule has 0 saturated heterocycles. The third-order valence-corrected chi connectivity index (χ3v) is 4.25. The highest BCUT2D eigenvalue weighted by Crippen LogP contribution is 2.20. The van der Waals surface area contributed by atoms with Crippen molar-refractivity contribution in [2.24, 2.45) is 0 Å². The Bertz CT molecular complexity index is 531. The van der Waals surface area contributed by atoms with Crippen LogP contribution in [0.1, 0.15) is 23.8 Å². The maximum atomic E-state index is 13.1. The summed E-state index contributed by atoms with van der Waals surface area (Å²) in [6.45, 7) is 3.10. The van der Waals surface area contributed by atoms with Crippen LogP contribution in [-0.2, 0) is 12.8 Å². The summed E-state index contributed by atoms with van der Waals surface area (Å²) in [5, 5.41) is 4.02. The third-order valence-electron chi connectivity index (χ3n) is 3.10. The lowest BCUT2D eigenvalue weighted by molar-refractivity contribution is 0.506. The van der Waals surface area contributed by atoms with Gasteiger partial charge in [-0.25, -0.2) is 4.39 Å². The van der Waals surface area contributed by atoms with Crippen molar-refractivity contribution in [1.82, 2.24) is 10.3 Å². The molecule has 1 aromatic carbocycles. The van der Waals surface area contributed by atoms with Gasteiger partial charge >= 0.3 is 0 Å². The molecule has 0 aliphatic carbocycles. The maximum absolute atomic E-state index is 13.1. The number of benzene rings is 1. The molecule has 2 nitrogen and oxygen atoms in total.